The Morgan fingerprint density at radius 2 is 2.20 bits per heavy atom. The van der Waals surface area contributed by atoms with Gasteiger partial charge in [-0.15, -0.1) is 0 Å². The maximum Gasteiger partial charge on any atom is 1.00 e. The van der Waals surface area contributed by atoms with Crippen molar-refractivity contribution in [3.05, 3.63) is 34.1 Å². The molecular weight excluding hydrogens is 295 g/mol. The van der Waals surface area contributed by atoms with E-state index >= 15 is 0 Å². The third-order valence-electron chi connectivity index (χ3n) is 2.12. The van der Waals surface area contributed by atoms with Crippen LogP contribution >= 0.6 is 0 Å². The smallest absolute Gasteiger partial charge is 0.401 e. The summed E-state index contributed by atoms with van der Waals surface area (Å²) in [4.78, 5) is 31.6. The first kappa shape index (κ1) is 16.7. The minimum absolute atomic E-state index is 0. The number of nitrogens with one attached hydrogen (secondary N) is 1. The van der Waals surface area contributed by atoms with Gasteiger partial charge in [-0.3, -0.25) is 20.2 Å². The maximum absolute atomic E-state index is 11.1. The summed E-state index contributed by atoms with van der Waals surface area (Å²) >= 11 is 0. The van der Waals surface area contributed by atoms with Crippen LogP contribution in [0.5, 0.6) is 0 Å². The zero-order chi connectivity index (χ0) is 13.8. The van der Waals surface area contributed by atoms with Gasteiger partial charge in [-0.2, -0.15) is 5.10 Å². The molecule has 1 aromatic heterocycles. The van der Waals surface area contributed by atoms with E-state index in [0.29, 0.717) is 0 Å². The van der Waals surface area contributed by atoms with E-state index in [1.165, 1.54) is 30.5 Å². The summed E-state index contributed by atoms with van der Waals surface area (Å²) in [5.41, 5.74) is 0. The van der Waals surface area contributed by atoms with Gasteiger partial charge in [-0.1, -0.05) is 0 Å². The standard InChI is InChI=1S/C10H8N4O5.K/c15-8-6-13(10(16)12-8)11-5-1-2-7-3-4-9(19-7)14(17)18;/h1-5H,6H2,(H,12,15,16);/q;+1/b2-1+,11-5+;. The second-order valence-electron chi connectivity index (χ2n) is 3.47. The molecule has 0 saturated carbocycles. The molecule has 0 spiro atoms. The van der Waals surface area contributed by atoms with Gasteiger partial charge in [0.25, 0.3) is 0 Å². The third kappa shape index (κ3) is 4.35. The van der Waals surface area contributed by atoms with Crippen LogP contribution in [-0.4, -0.2) is 34.6 Å². The fraction of sp³-hybridized carbons (Fsp3) is 0.100. The van der Waals surface area contributed by atoms with Gasteiger partial charge < -0.3 is 4.42 Å². The van der Waals surface area contributed by atoms with E-state index in [-0.39, 0.29) is 69.6 Å². The van der Waals surface area contributed by atoms with Crippen LogP contribution in [-0.2, 0) is 4.79 Å². The van der Waals surface area contributed by atoms with Crippen molar-refractivity contribution < 1.29 is 70.3 Å². The second-order valence-corrected chi connectivity index (χ2v) is 3.47. The van der Waals surface area contributed by atoms with Crippen LogP contribution in [0.3, 0.4) is 0 Å². The molecule has 1 N–H and O–H groups in total. The first-order valence-electron chi connectivity index (χ1n) is 5.12. The molecular formula is C10H8KN4O5+. The topological polar surface area (TPSA) is 118 Å². The number of hydrogen-bond acceptors (Lipinski definition) is 6. The van der Waals surface area contributed by atoms with Crippen molar-refractivity contribution in [2.45, 2.75) is 0 Å². The molecule has 0 aliphatic carbocycles. The number of hydrazone groups is 1. The van der Waals surface area contributed by atoms with E-state index in [0.717, 1.165) is 5.01 Å². The van der Waals surface area contributed by atoms with Gasteiger partial charge >= 0.3 is 63.3 Å². The Hall–Kier alpha value is -1.33. The Kier molecular flexibility index (Phi) is 6.23. The van der Waals surface area contributed by atoms with Gasteiger partial charge in [-0.05, 0) is 18.2 Å². The number of allylic oxidation sites excluding steroid dienone is 1. The summed E-state index contributed by atoms with van der Waals surface area (Å²) in [5.74, 6) is -0.506. The minimum Gasteiger partial charge on any atom is -0.401 e. The summed E-state index contributed by atoms with van der Waals surface area (Å²) in [7, 11) is 0. The molecule has 1 aliphatic heterocycles. The zero-order valence-corrected chi connectivity index (χ0v) is 13.6. The average Bonchev–Trinajstić information content (AvgIpc) is 2.92. The van der Waals surface area contributed by atoms with Crippen LogP contribution in [0.25, 0.3) is 6.08 Å². The van der Waals surface area contributed by atoms with Crippen LogP contribution < -0.4 is 56.7 Å². The monoisotopic (exact) mass is 303 g/mol. The Labute approximate surface area is 155 Å². The molecule has 1 fully saturated rings. The molecule has 0 unspecified atom stereocenters. The summed E-state index contributed by atoms with van der Waals surface area (Å²) in [6.07, 6.45) is 4.14. The van der Waals surface area contributed by atoms with Crippen molar-refractivity contribution in [1.82, 2.24) is 10.3 Å². The molecule has 0 radical (unpaired) electrons. The van der Waals surface area contributed by atoms with Gasteiger partial charge in [0.1, 0.15) is 17.2 Å². The number of carbonyl (C=O) groups excluding carboxylic acids is 2. The van der Waals surface area contributed by atoms with Crippen LogP contribution in [0.2, 0.25) is 0 Å². The second kappa shape index (κ2) is 7.45. The van der Waals surface area contributed by atoms with Gasteiger partial charge in [0.2, 0.25) is 5.91 Å². The number of nitro groups is 1. The predicted molar refractivity (Wildman–Crippen MR) is 63.1 cm³/mol. The molecule has 0 aromatic carbocycles. The van der Waals surface area contributed by atoms with E-state index in [1.54, 1.807) is 0 Å². The number of nitrogens with zero attached hydrogens (tertiary/aromatic N) is 3. The molecule has 3 amide bonds. The molecule has 10 heteroatoms. The van der Waals surface area contributed by atoms with Crippen molar-refractivity contribution in [3.8, 4) is 0 Å². The van der Waals surface area contributed by atoms with E-state index < -0.39 is 16.9 Å². The zero-order valence-electron chi connectivity index (χ0n) is 10.5. The van der Waals surface area contributed by atoms with Gasteiger partial charge in [-0.25, -0.2) is 9.80 Å². The van der Waals surface area contributed by atoms with Crippen molar-refractivity contribution >= 4 is 30.1 Å². The molecule has 0 atom stereocenters. The third-order valence-corrected chi connectivity index (χ3v) is 2.12. The van der Waals surface area contributed by atoms with Crippen LogP contribution in [0.4, 0.5) is 10.7 Å². The number of hydrogen-bond donors (Lipinski definition) is 1. The number of rotatable bonds is 4. The van der Waals surface area contributed by atoms with Crippen molar-refractivity contribution in [2.24, 2.45) is 5.10 Å². The molecule has 2 rings (SSSR count). The fourth-order valence-corrected chi connectivity index (χ4v) is 1.31. The van der Waals surface area contributed by atoms with Gasteiger partial charge in [0.15, 0.2) is 0 Å². The molecule has 20 heavy (non-hydrogen) atoms. The van der Waals surface area contributed by atoms with E-state index in [4.69, 9.17) is 4.42 Å². The Morgan fingerprint density at radius 3 is 2.75 bits per heavy atom. The van der Waals surface area contributed by atoms with Gasteiger partial charge in [0, 0.05) is 6.21 Å². The first-order chi connectivity index (χ1) is 9.06. The Bertz CT molecular complexity index is 594. The quantitative estimate of drug-likeness (QED) is 0.221. The number of imide groups is 1. The summed E-state index contributed by atoms with van der Waals surface area (Å²) in [6, 6.07) is 2.06. The van der Waals surface area contributed by atoms with Gasteiger partial charge in [0.05, 0.1) is 6.07 Å². The van der Waals surface area contributed by atoms with Crippen molar-refractivity contribution in [1.29, 1.82) is 0 Å². The predicted octanol–water partition coefficient (Wildman–Crippen LogP) is -2.26. The molecule has 2 heterocycles. The summed E-state index contributed by atoms with van der Waals surface area (Å²) < 4.78 is 4.86. The molecule has 1 aliphatic rings. The average molecular weight is 303 g/mol. The number of amides is 3. The molecule has 1 aromatic rings. The largest absolute Gasteiger partial charge is 1.00 e. The van der Waals surface area contributed by atoms with E-state index in [9.17, 15) is 19.7 Å². The number of carbonyl (C=O) groups is 2. The molecule has 1 saturated heterocycles. The maximum atomic E-state index is 11.1. The normalized spacial score (nSPS) is 14.9. The van der Waals surface area contributed by atoms with Crippen LogP contribution in [0.1, 0.15) is 5.76 Å². The van der Waals surface area contributed by atoms with E-state index in [1.807, 2.05) is 0 Å². The number of furan rings is 1. The molecule has 98 valence electrons. The van der Waals surface area contributed by atoms with Crippen molar-refractivity contribution in [3.63, 3.8) is 0 Å². The summed E-state index contributed by atoms with van der Waals surface area (Å²) in [5, 5.41) is 17.1. The molecule has 9 nitrogen and oxygen atoms in total. The van der Waals surface area contributed by atoms with Crippen LogP contribution in [0, 0.1) is 10.1 Å². The minimum atomic E-state index is -0.647. The summed E-state index contributed by atoms with van der Waals surface area (Å²) in [6.45, 7) is -0.130. The number of urea groups is 1. The Balaban J connectivity index is 0.00000200. The Morgan fingerprint density at radius 1 is 1.45 bits per heavy atom. The SMILES string of the molecule is O=C1CN(/N=C/C=C/c2ccc([N+](=O)[O-])o2)C(=O)N1.[K+]. The van der Waals surface area contributed by atoms with Crippen LogP contribution in [0.15, 0.2) is 27.7 Å². The first-order valence-corrected chi connectivity index (χ1v) is 5.12. The fourth-order valence-electron chi connectivity index (χ4n) is 1.31. The van der Waals surface area contributed by atoms with E-state index in [2.05, 4.69) is 10.4 Å². The van der Waals surface area contributed by atoms with Crippen molar-refractivity contribution in [2.75, 3.05) is 6.54 Å². The molecule has 0 bridgehead atoms.